The molecule has 4 aromatic rings. The van der Waals surface area contributed by atoms with Crippen LogP contribution in [-0.2, 0) is 9.59 Å². The molecule has 5 rings (SSSR count). The molecule has 1 saturated heterocycles. The zero-order valence-electron chi connectivity index (χ0n) is 16.1. The number of hydrogen-bond acceptors (Lipinski definition) is 5. The zero-order chi connectivity index (χ0) is 22.4. The number of thiocarbonyl (C=S) groups is 1. The summed E-state index contributed by atoms with van der Waals surface area (Å²) in [6.07, 6.45) is 3.16. The molecule has 0 bridgehead atoms. The van der Waals surface area contributed by atoms with Gasteiger partial charge in [-0.15, -0.1) is 11.3 Å². The Kier molecular flexibility index (Phi) is 5.09. The molecular weight excluding hydrogens is 471 g/mol. The molecule has 2 amide bonds. The van der Waals surface area contributed by atoms with Gasteiger partial charge in [0.05, 0.1) is 11.4 Å². The second kappa shape index (κ2) is 7.94. The molecule has 10 heteroatoms. The summed E-state index contributed by atoms with van der Waals surface area (Å²) < 4.78 is 16.2. The predicted molar refractivity (Wildman–Crippen MR) is 126 cm³/mol. The van der Waals surface area contributed by atoms with Gasteiger partial charge in [0, 0.05) is 22.2 Å². The molecule has 1 aliphatic heterocycles. The number of fused-ring (bicyclic) bond motifs is 1. The van der Waals surface area contributed by atoms with Crippen molar-refractivity contribution in [1.29, 1.82) is 0 Å². The molecule has 2 aromatic carbocycles. The van der Waals surface area contributed by atoms with Crippen molar-refractivity contribution in [2.45, 2.75) is 0 Å². The third-order valence-corrected chi connectivity index (χ3v) is 6.19. The molecule has 2 aromatic heterocycles. The van der Waals surface area contributed by atoms with Gasteiger partial charge in [-0.05, 0) is 54.7 Å². The van der Waals surface area contributed by atoms with Crippen LogP contribution in [0.3, 0.4) is 0 Å². The molecule has 0 atom stereocenters. The number of imidazole rings is 1. The van der Waals surface area contributed by atoms with E-state index in [1.54, 1.807) is 53.1 Å². The van der Waals surface area contributed by atoms with Crippen molar-refractivity contribution in [2.24, 2.45) is 0 Å². The maximum Gasteiger partial charge on any atom is 0.270 e. The van der Waals surface area contributed by atoms with Gasteiger partial charge in [0.2, 0.25) is 0 Å². The Morgan fingerprint density at radius 2 is 1.88 bits per heavy atom. The van der Waals surface area contributed by atoms with Gasteiger partial charge in [-0.3, -0.25) is 24.2 Å². The van der Waals surface area contributed by atoms with Crippen LogP contribution < -0.4 is 10.2 Å². The Hall–Kier alpha value is -3.40. The van der Waals surface area contributed by atoms with Crippen LogP contribution in [0.2, 0.25) is 5.02 Å². The lowest BCUT2D eigenvalue weighted by Gasteiger charge is -2.28. The minimum Gasteiger partial charge on any atom is -0.298 e. The van der Waals surface area contributed by atoms with E-state index in [1.807, 2.05) is 5.38 Å². The number of nitrogens with zero attached hydrogens (tertiary/aromatic N) is 3. The Balaban J connectivity index is 1.66. The van der Waals surface area contributed by atoms with Crippen LogP contribution >= 0.6 is 35.2 Å². The van der Waals surface area contributed by atoms with E-state index in [-0.39, 0.29) is 16.2 Å². The zero-order valence-corrected chi connectivity index (χ0v) is 18.5. The van der Waals surface area contributed by atoms with Crippen molar-refractivity contribution in [3.8, 4) is 11.3 Å². The van der Waals surface area contributed by atoms with E-state index < -0.39 is 17.6 Å². The van der Waals surface area contributed by atoms with Crippen molar-refractivity contribution < 1.29 is 14.0 Å². The van der Waals surface area contributed by atoms with Crippen molar-refractivity contribution in [3.05, 3.63) is 82.2 Å². The number of halogens is 2. The maximum atomic E-state index is 14.5. The van der Waals surface area contributed by atoms with Gasteiger partial charge in [0.1, 0.15) is 17.1 Å². The molecule has 1 N–H and O–H groups in total. The SMILES string of the molecule is O=C1NC(=S)N(c2ccc(Cl)cc2)C(=O)/C1=C/c1c(-c2ccccc2F)nc2sccn12. The standard InChI is InChI=1S/C22H12ClFN4O2S2/c23-12-5-7-13(8-6-12)28-20(30)15(19(29)26-21(28)31)11-17-18(14-3-1-2-4-16(14)24)25-22-27(17)9-10-32-22/h1-11H,(H,26,29,31)/b15-11+. The first-order chi connectivity index (χ1) is 15.4. The summed E-state index contributed by atoms with van der Waals surface area (Å²) in [6, 6.07) is 12.7. The number of anilines is 1. The Morgan fingerprint density at radius 3 is 2.62 bits per heavy atom. The van der Waals surface area contributed by atoms with Crippen LogP contribution in [0.15, 0.2) is 65.7 Å². The summed E-state index contributed by atoms with van der Waals surface area (Å²) in [6.45, 7) is 0. The largest absolute Gasteiger partial charge is 0.298 e. The van der Waals surface area contributed by atoms with Gasteiger partial charge in [-0.25, -0.2) is 9.37 Å². The summed E-state index contributed by atoms with van der Waals surface area (Å²) >= 11 is 12.5. The molecule has 0 saturated carbocycles. The van der Waals surface area contributed by atoms with Gasteiger partial charge in [-0.1, -0.05) is 23.7 Å². The van der Waals surface area contributed by atoms with E-state index in [4.69, 9.17) is 23.8 Å². The molecule has 0 unspecified atom stereocenters. The summed E-state index contributed by atoms with van der Waals surface area (Å²) in [7, 11) is 0. The smallest absolute Gasteiger partial charge is 0.270 e. The number of nitrogens with one attached hydrogen (secondary N) is 1. The Bertz CT molecular complexity index is 1440. The lowest BCUT2D eigenvalue weighted by atomic mass is 10.1. The molecule has 0 radical (unpaired) electrons. The summed E-state index contributed by atoms with van der Waals surface area (Å²) in [5.74, 6) is -1.71. The molecule has 158 valence electrons. The molecule has 1 aliphatic rings. The van der Waals surface area contributed by atoms with E-state index in [0.29, 0.717) is 27.1 Å². The second-order valence-electron chi connectivity index (χ2n) is 6.82. The third kappa shape index (κ3) is 3.40. The number of benzene rings is 2. The van der Waals surface area contributed by atoms with Crippen LogP contribution in [0.25, 0.3) is 22.3 Å². The number of aromatic nitrogens is 2. The molecule has 6 nitrogen and oxygen atoms in total. The molecule has 0 spiro atoms. The van der Waals surface area contributed by atoms with E-state index >= 15 is 0 Å². The normalized spacial score (nSPS) is 15.6. The highest BCUT2D eigenvalue weighted by molar-refractivity contribution is 7.80. The predicted octanol–water partition coefficient (Wildman–Crippen LogP) is 4.69. The van der Waals surface area contributed by atoms with Gasteiger partial charge in [-0.2, -0.15) is 0 Å². The number of carbonyl (C=O) groups is 2. The molecule has 0 aliphatic carbocycles. The van der Waals surface area contributed by atoms with Gasteiger partial charge >= 0.3 is 0 Å². The van der Waals surface area contributed by atoms with Crippen LogP contribution in [0.4, 0.5) is 10.1 Å². The first kappa shape index (κ1) is 20.5. The maximum absolute atomic E-state index is 14.5. The molecule has 3 heterocycles. The quantitative estimate of drug-likeness (QED) is 0.261. The van der Waals surface area contributed by atoms with Gasteiger partial charge in [0.15, 0.2) is 10.1 Å². The first-order valence-corrected chi connectivity index (χ1v) is 11.0. The van der Waals surface area contributed by atoms with E-state index in [9.17, 15) is 14.0 Å². The highest BCUT2D eigenvalue weighted by atomic mass is 35.5. The van der Waals surface area contributed by atoms with Gasteiger partial charge in [0.25, 0.3) is 11.8 Å². The van der Waals surface area contributed by atoms with E-state index in [1.165, 1.54) is 28.4 Å². The van der Waals surface area contributed by atoms with Gasteiger partial charge < -0.3 is 0 Å². The van der Waals surface area contributed by atoms with Crippen LogP contribution in [0, 0.1) is 5.82 Å². The van der Waals surface area contributed by atoms with Crippen molar-refractivity contribution in [3.63, 3.8) is 0 Å². The number of amides is 2. The van der Waals surface area contributed by atoms with E-state index in [0.717, 1.165) is 0 Å². The third-order valence-electron chi connectivity index (χ3n) is 4.90. The summed E-state index contributed by atoms with van der Waals surface area (Å²) in [4.78, 5) is 32.4. The number of hydrogen-bond donors (Lipinski definition) is 1. The average Bonchev–Trinajstić information content (AvgIpc) is 3.35. The highest BCUT2D eigenvalue weighted by Crippen LogP contribution is 2.31. The first-order valence-electron chi connectivity index (χ1n) is 9.31. The fraction of sp³-hybridized carbons (Fsp3) is 0. The Labute approximate surface area is 195 Å². The summed E-state index contributed by atoms with van der Waals surface area (Å²) in [5, 5.41) is 4.81. The molecular formula is C22H12ClFN4O2S2. The highest BCUT2D eigenvalue weighted by Gasteiger charge is 2.35. The van der Waals surface area contributed by atoms with E-state index in [2.05, 4.69) is 10.3 Å². The number of carbonyl (C=O) groups excluding carboxylic acids is 2. The summed E-state index contributed by atoms with van der Waals surface area (Å²) in [5.41, 5.74) is 1.31. The Morgan fingerprint density at radius 1 is 1.12 bits per heavy atom. The van der Waals surface area contributed by atoms with Crippen LogP contribution in [-0.4, -0.2) is 26.3 Å². The fourth-order valence-corrected chi connectivity index (χ4v) is 4.54. The minimum atomic E-state index is -0.644. The topological polar surface area (TPSA) is 66.7 Å². The minimum absolute atomic E-state index is 0.0391. The lowest BCUT2D eigenvalue weighted by Crippen LogP contribution is -2.54. The average molecular weight is 483 g/mol. The second-order valence-corrected chi connectivity index (χ2v) is 8.51. The number of thiazole rings is 1. The van der Waals surface area contributed by atoms with Crippen molar-refractivity contribution >= 4 is 68.8 Å². The van der Waals surface area contributed by atoms with Crippen molar-refractivity contribution in [1.82, 2.24) is 14.7 Å². The lowest BCUT2D eigenvalue weighted by molar-refractivity contribution is -0.122. The monoisotopic (exact) mass is 482 g/mol. The molecule has 1 fully saturated rings. The molecule has 32 heavy (non-hydrogen) atoms. The number of rotatable bonds is 3. The van der Waals surface area contributed by atoms with Crippen LogP contribution in [0.5, 0.6) is 0 Å². The fourth-order valence-electron chi connectivity index (χ4n) is 3.41. The van der Waals surface area contributed by atoms with Crippen molar-refractivity contribution in [2.75, 3.05) is 4.90 Å². The van der Waals surface area contributed by atoms with Crippen LogP contribution in [0.1, 0.15) is 5.69 Å².